The molecule has 0 saturated carbocycles. The van der Waals surface area contributed by atoms with Crippen LogP contribution >= 0.6 is 0 Å². The third-order valence-corrected chi connectivity index (χ3v) is 2.99. The third kappa shape index (κ3) is 4.19. The molecule has 1 aromatic rings. The van der Waals surface area contributed by atoms with Crippen LogP contribution in [0.2, 0.25) is 0 Å². The Hall–Kier alpha value is -1.63. The summed E-state index contributed by atoms with van der Waals surface area (Å²) in [6.07, 6.45) is -4.58. The van der Waals surface area contributed by atoms with Gasteiger partial charge in [-0.25, -0.2) is 4.39 Å². The van der Waals surface area contributed by atoms with Gasteiger partial charge in [-0.1, -0.05) is 6.07 Å². The highest BCUT2D eigenvalue weighted by Crippen LogP contribution is 2.30. The minimum Gasteiger partial charge on any atom is -0.351 e. The molecule has 7 heteroatoms. The molecule has 20 heavy (non-hydrogen) atoms. The minimum absolute atomic E-state index is 0.0114. The Bertz CT molecular complexity index is 486. The van der Waals surface area contributed by atoms with Crippen molar-refractivity contribution < 1.29 is 22.4 Å². The Morgan fingerprint density at radius 3 is 2.40 bits per heavy atom. The standard InChI is InChI=1S/C13H16F4N2O/c1-8(19(2)3)12(20)18-7-9-4-5-10(6-11(9)14)13(15,16)17/h4-6,8H,7H2,1-3H3,(H,18,20)/t8-/m0/s1. The number of rotatable bonds is 4. The number of amides is 1. The van der Waals surface area contributed by atoms with E-state index in [2.05, 4.69) is 5.32 Å². The number of hydrogen-bond acceptors (Lipinski definition) is 2. The first-order valence-corrected chi connectivity index (χ1v) is 5.92. The average Bonchev–Trinajstić information content (AvgIpc) is 2.34. The van der Waals surface area contributed by atoms with Crippen LogP contribution in [0.15, 0.2) is 18.2 Å². The smallest absolute Gasteiger partial charge is 0.351 e. The summed E-state index contributed by atoms with van der Waals surface area (Å²) in [6, 6.07) is 1.84. The van der Waals surface area contributed by atoms with Gasteiger partial charge < -0.3 is 5.32 Å². The number of alkyl halides is 3. The van der Waals surface area contributed by atoms with Crippen molar-refractivity contribution >= 4 is 5.91 Å². The first-order chi connectivity index (χ1) is 9.12. The van der Waals surface area contributed by atoms with Gasteiger partial charge in [0.25, 0.3) is 0 Å². The van der Waals surface area contributed by atoms with Crippen LogP contribution in [0.25, 0.3) is 0 Å². The van der Waals surface area contributed by atoms with Crippen molar-refractivity contribution in [3.05, 3.63) is 35.1 Å². The van der Waals surface area contributed by atoms with Crippen LogP contribution in [-0.2, 0) is 17.5 Å². The van der Waals surface area contributed by atoms with Gasteiger partial charge >= 0.3 is 6.18 Å². The van der Waals surface area contributed by atoms with Crippen molar-refractivity contribution in [3.8, 4) is 0 Å². The second kappa shape index (κ2) is 6.21. The summed E-state index contributed by atoms with van der Waals surface area (Å²) < 4.78 is 50.6. The topological polar surface area (TPSA) is 32.3 Å². The van der Waals surface area contributed by atoms with Gasteiger partial charge in [0.2, 0.25) is 5.91 Å². The summed E-state index contributed by atoms with van der Waals surface area (Å²) in [6.45, 7) is 1.51. The third-order valence-electron chi connectivity index (χ3n) is 2.99. The highest BCUT2D eigenvalue weighted by molar-refractivity contribution is 5.81. The molecule has 0 aliphatic rings. The average molecular weight is 292 g/mol. The number of hydrogen-bond donors (Lipinski definition) is 1. The van der Waals surface area contributed by atoms with Gasteiger partial charge in [-0.2, -0.15) is 13.2 Å². The lowest BCUT2D eigenvalue weighted by Crippen LogP contribution is -2.41. The number of benzene rings is 1. The zero-order valence-corrected chi connectivity index (χ0v) is 11.4. The van der Waals surface area contributed by atoms with Crippen LogP contribution < -0.4 is 5.32 Å². The minimum atomic E-state index is -4.58. The molecule has 0 aromatic heterocycles. The zero-order chi connectivity index (χ0) is 15.5. The lowest BCUT2D eigenvalue weighted by molar-refractivity contribution is -0.137. The SMILES string of the molecule is C[C@@H](C(=O)NCc1ccc(C(F)(F)F)cc1F)N(C)C. The molecular formula is C13H16F4N2O. The summed E-state index contributed by atoms with van der Waals surface area (Å²) >= 11 is 0. The fraction of sp³-hybridized carbons (Fsp3) is 0.462. The Morgan fingerprint density at radius 2 is 1.95 bits per heavy atom. The number of carbonyl (C=O) groups excluding carboxylic acids is 1. The molecule has 1 rings (SSSR count). The molecule has 0 heterocycles. The molecule has 0 aliphatic carbocycles. The fourth-order valence-electron chi connectivity index (χ4n) is 1.43. The maximum Gasteiger partial charge on any atom is 0.416 e. The van der Waals surface area contributed by atoms with Crippen molar-refractivity contribution in [3.63, 3.8) is 0 Å². The molecule has 0 saturated heterocycles. The van der Waals surface area contributed by atoms with Crippen molar-refractivity contribution in [2.45, 2.75) is 25.7 Å². The quantitative estimate of drug-likeness (QED) is 0.864. The summed E-state index contributed by atoms with van der Waals surface area (Å²) in [7, 11) is 3.42. The van der Waals surface area contributed by atoms with E-state index < -0.39 is 23.6 Å². The molecule has 0 aliphatic heterocycles. The molecule has 1 N–H and O–H groups in total. The molecule has 1 aromatic carbocycles. The monoisotopic (exact) mass is 292 g/mol. The predicted molar refractivity (Wildman–Crippen MR) is 66.4 cm³/mol. The van der Waals surface area contributed by atoms with E-state index in [-0.39, 0.29) is 18.0 Å². The Labute approximate surface area is 114 Å². The van der Waals surface area contributed by atoms with Gasteiger partial charge in [-0.15, -0.1) is 0 Å². The van der Waals surface area contributed by atoms with Crippen LogP contribution in [0, 0.1) is 5.82 Å². The van der Waals surface area contributed by atoms with Crippen molar-refractivity contribution in [1.82, 2.24) is 10.2 Å². The van der Waals surface area contributed by atoms with E-state index in [0.29, 0.717) is 6.07 Å². The lowest BCUT2D eigenvalue weighted by Gasteiger charge is -2.19. The summed E-state index contributed by atoms with van der Waals surface area (Å²) in [5, 5.41) is 2.48. The van der Waals surface area contributed by atoms with Gasteiger partial charge in [0.05, 0.1) is 11.6 Å². The number of likely N-dealkylation sites (N-methyl/N-ethyl adjacent to an activating group) is 1. The second-order valence-electron chi connectivity index (χ2n) is 4.66. The Kier molecular flexibility index (Phi) is 5.10. The fourth-order valence-corrected chi connectivity index (χ4v) is 1.43. The molecule has 0 bridgehead atoms. The van der Waals surface area contributed by atoms with Gasteiger partial charge in [0, 0.05) is 12.1 Å². The van der Waals surface area contributed by atoms with Gasteiger partial charge in [0.1, 0.15) is 5.82 Å². The number of nitrogens with zero attached hydrogens (tertiary/aromatic N) is 1. The van der Waals surface area contributed by atoms with Crippen molar-refractivity contribution in [1.29, 1.82) is 0 Å². The summed E-state index contributed by atoms with van der Waals surface area (Å²) in [5.41, 5.74) is -1.04. The highest BCUT2D eigenvalue weighted by Gasteiger charge is 2.31. The molecule has 1 amide bonds. The number of halogens is 4. The van der Waals surface area contributed by atoms with Gasteiger partial charge in [0.15, 0.2) is 0 Å². The van der Waals surface area contributed by atoms with Crippen molar-refractivity contribution in [2.24, 2.45) is 0 Å². The maximum absolute atomic E-state index is 13.5. The van der Waals surface area contributed by atoms with E-state index in [0.717, 1.165) is 12.1 Å². The van der Waals surface area contributed by atoms with E-state index >= 15 is 0 Å². The molecule has 0 unspecified atom stereocenters. The lowest BCUT2D eigenvalue weighted by atomic mass is 10.1. The Morgan fingerprint density at radius 1 is 1.35 bits per heavy atom. The maximum atomic E-state index is 13.5. The van der Waals surface area contributed by atoms with Crippen LogP contribution in [-0.4, -0.2) is 30.9 Å². The number of carbonyl (C=O) groups is 1. The normalized spacial score (nSPS) is 13.4. The van der Waals surface area contributed by atoms with Crippen LogP contribution in [0.5, 0.6) is 0 Å². The second-order valence-corrected chi connectivity index (χ2v) is 4.66. The molecular weight excluding hydrogens is 276 g/mol. The molecule has 3 nitrogen and oxygen atoms in total. The van der Waals surface area contributed by atoms with Crippen LogP contribution in [0.4, 0.5) is 17.6 Å². The van der Waals surface area contributed by atoms with E-state index in [4.69, 9.17) is 0 Å². The molecule has 0 radical (unpaired) electrons. The largest absolute Gasteiger partial charge is 0.416 e. The van der Waals surface area contributed by atoms with Crippen molar-refractivity contribution in [2.75, 3.05) is 14.1 Å². The van der Waals surface area contributed by atoms with Crippen LogP contribution in [0.3, 0.4) is 0 Å². The molecule has 1 atom stereocenters. The zero-order valence-electron chi connectivity index (χ0n) is 11.4. The van der Waals surface area contributed by atoms with Gasteiger partial charge in [-0.3, -0.25) is 9.69 Å². The highest BCUT2D eigenvalue weighted by atomic mass is 19.4. The van der Waals surface area contributed by atoms with E-state index in [1.165, 1.54) is 0 Å². The predicted octanol–water partition coefficient (Wildman–Crippen LogP) is 2.41. The number of nitrogens with one attached hydrogen (secondary N) is 1. The van der Waals surface area contributed by atoms with E-state index in [9.17, 15) is 22.4 Å². The Balaban J connectivity index is 2.73. The summed E-state index contributed by atoms with van der Waals surface area (Å²) in [4.78, 5) is 13.3. The molecule has 0 spiro atoms. The van der Waals surface area contributed by atoms with E-state index in [1.54, 1.807) is 25.9 Å². The molecule has 0 fully saturated rings. The summed E-state index contributed by atoms with van der Waals surface area (Å²) in [5.74, 6) is -1.31. The first kappa shape index (κ1) is 16.4. The first-order valence-electron chi connectivity index (χ1n) is 5.92. The van der Waals surface area contributed by atoms with Crippen LogP contribution in [0.1, 0.15) is 18.1 Å². The molecule has 112 valence electrons. The van der Waals surface area contributed by atoms with Gasteiger partial charge in [-0.05, 0) is 33.2 Å². The van der Waals surface area contributed by atoms with E-state index in [1.807, 2.05) is 0 Å².